The minimum absolute atomic E-state index is 0.0843. The molecule has 4 N–H and O–H groups in total. The van der Waals surface area contributed by atoms with Gasteiger partial charge in [0.1, 0.15) is 6.04 Å². The zero-order valence-electron chi connectivity index (χ0n) is 21.5. The maximum absolute atomic E-state index is 13.4. The van der Waals surface area contributed by atoms with Gasteiger partial charge in [-0.1, -0.05) is 63.2 Å². The summed E-state index contributed by atoms with van der Waals surface area (Å²) in [6.45, 7) is 6.57. The predicted octanol–water partition coefficient (Wildman–Crippen LogP) is 6.56. The molecule has 0 aliphatic heterocycles. The summed E-state index contributed by atoms with van der Waals surface area (Å²) in [4.78, 5) is 26.6. The Morgan fingerprint density at radius 3 is 2.42 bits per heavy atom. The summed E-state index contributed by atoms with van der Waals surface area (Å²) in [6.07, 6.45) is 3.45. The molecule has 1 atom stereocenters. The van der Waals surface area contributed by atoms with Crippen LogP contribution in [0.2, 0.25) is 0 Å². The van der Waals surface area contributed by atoms with E-state index < -0.39 is 11.9 Å². The summed E-state index contributed by atoms with van der Waals surface area (Å²) in [6, 6.07) is 25.6. The van der Waals surface area contributed by atoms with Crippen LogP contribution in [0.4, 0.5) is 5.69 Å². The molecule has 0 aliphatic carbocycles. The van der Waals surface area contributed by atoms with Gasteiger partial charge in [-0.3, -0.25) is 14.8 Å². The fourth-order valence-corrected chi connectivity index (χ4v) is 5.54. The van der Waals surface area contributed by atoms with Gasteiger partial charge in [0.15, 0.2) is 0 Å². The van der Waals surface area contributed by atoms with Crippen molar-refractivity contribution in [2.24, 2.45) is 0 Å². The standard InChI is InChI=1S/C30H31N3O3S2/c1-30(2,3)22-9-12-24(13-10-22)38-33-26(17-20-7-5-4-6-8-20)29(35)31-23-11-15-27-21(18-23)19-25(37-27)14-16-28(34)32-36/h4-16,18-19,26,33,36H,17H2,1-3H3,(H,31,35)(H,32,34)/b16-14+. The maximum Gasteiger partial charge on any atom is 0.267 e. The first-order chi connectivity index (χ1) is 18.2. The molecule has 196 valence electrons. The first-order valence-corrected chi connectivity index (χ1v) is 13.9. The number of hydroxylamine groups is 1. The average Bonchev–Trinajstić information content (AvgIpc) is 3.32. The molecule has 0 fully saturated rings. The van der Waals surface area contributed by atoms with Gasteiger partial charge < -0.3 is 5.32 Å². The molecule has 0 radical (unpaired) electrons. The first-order valence-electron chi connectivity index (χ1n) is 12.2. The van der Waals surface area contributed by atoms with E-state index in [0.29, 0.717) is 12.1 Å². The average molecular weight is 546 g/mol. The summed E-state index contributed by atoms with van der Waals surface area (Å²) in [5.74, 6) is -0.711. The zero-order chi connectivity index (χ0) is 27.1. The normalized spacial score (nSPS) is 12.5. The molecule has 0 bridgehead atoms. The van der Waals surface area contributed by atoms with E-state index in [4.69, 9.17) is 5.21 Å². The number of carbonyl (C=O) groups excluding carboxylic acids is 2. The quantitative estimate of drug-likeness (QED) is 0.0827. The monoisotopic (exact) mass is 545 g/mol. The smallest absolute Gasteiger partial charge is 0.267 e. The van der Waals surface area contributed by atoms with Crippen LogP contribution in [0.25, 0.3) is 16.2 Å². The number of anilines is 1. The number of fused-ring (bicyclic) bond motifs is 1. The van der Waals surface area contributed by atoms with Gasteiger partial charge in [0.2, 0.25) is 5.91 Å². The molecule has 38 heavy (non-hydrogen) atoms. The SMILES string of the molecule is CC(C)(C)c1ccc(SNC(Cc2ccccc2)C(=O)Nc2ccc3sc(/C=C/C(=O)NO)cc3c2)cc1. The number of amides is 2. The lowest BCUT2D eigenvalue weighted by Gasteiger charge is -2.20. The molecule has 3 aromatic carbocycles. The maximum atomic E-state index is 13.4. The fourth-order valence-electron chi connectivity index (χ4n) is 3.85. The van der Waals surface area contributed by atoms with Crippen LogP contribution < -0.4 is 15.5 Å². The Morgan fingerprint density at radius 2 is 1.74 bits per heavy atom. The number of benzene rings is 3. The topological polar surface area (TPSA) is 90.5 Å². The van der Waals surface area contributed by atoms with Crippen molar-refractivity contribution in [3.63, 3.8) is 0 Å². The van der Waals surface area contributed by atoms with E-state index in [2.05, 4.69) is 55.1 Å². The van der Waals surface area contributed by atoms with Crippen LogP contribution in [0.15, 0.2) is 89.8 Å². The van der Waals surface area contributed by atoms with Gasteiger partial charge >= 0.3 is 0 Å². The van der Waals surface area contributed by atoms with Crippen LogP contribution in [0, 0.1) is 0 Å². The van der Waals surface area contributed by atoms with Gasteiger partial charge in [-0.25, -0.2) is 10.2 Å². The van der Waals surface area contributed by atoms with Crippen LogP contribution in [0.5, 0.6) is 0 Å². The third kappa shape index (κ3) is 7.55. The number of nitrogens with one attached hydrogen (secondary N) is 3. The highest BCUT2D eigenvalue weighted by molar-refractivity contribution is 7.97. The fraction of sp³-hybridized carbons (Fsp3) is 0.200. The van der Waals surface area contributed by atoms with Crippen LogP contribution in [-0.4, -0.2) is 23.1 Å². The summed E-state index contributed by atoms with van der Waals surface area (Å²) < 4.78 is 4.40. The Kier molecular flexibility index (Phi) is 9.01. The highest BCUT2D eigenvalue weighted by atomic mass is 32.2. The van der Waals surface area contributed by atoms with Crippen molar-refractivity contribution < 1.29 is 14.8 Å². The Labute approximate surface area is 231 Å². The van der Waals surface area contributed by atoms with Crippen LogP contribution in [0.1, 0.15) is 36.8 Å². The van der Waals surface area contributed by atoms with Crippen LogP contribution in [0.3, 0.4) is 0 Å². The van der Waals surface area contributed by atoms with Crippen molar-refractivity contribution in [2.75, 3.05) is 5.32 Å². The molecule has 0 aliphatic rings. The number of thiophene rings is 1. The van der Waals surface area contributed by atoms with Gasteiger partial charge in [0.25, 0.3) is 5.91 Å². The highest BCUT2D eigenvalue weighted by Crippen LogP contribution is 2.29. The molecule has 6 nitrogen and oxygen atoms in total. The number of hydrogen-bond acceptors (Lipinski definition) is 6. The van der Waals surface area contributed by atoms with E-state index >= 15 is 0 Å². The van der Waals surface area contributed by atoms with Crippen molar-refractivity contribution in [1.29, 1.82) is 0 Å². The van der Waals surface area contributed by atoms with Crippen molar-refractivity contribution in [1.82, 2.24) is 10.2 Å². The van der Waals surface area contributed by atoms with E-state index in [0.717, 1.165) is 25.4 Å². The van der Waals surface area contributed by atoms with E-state index in [1.807, 2.05) is 54.6 Å². The van der Waals surface area contributed by atoms with E-state index in [1.54, 1.807) is 11.6 Å². The van der Waals surface area contributed by atoms with Gasteiger partial charge in [-0.2, -0.15) is 0 Å². The van der Waals surface area contributed by atoms with Gasteiger partial charge in [-0.15, -0.1) is 11.3 Å². The largest absolute Gasteiger partial charge is 0.325 e. The molecule has 0 saturated carbocycles. The van der Waals surface area contributed by atoms with Crippen molar-refractivity contribution >= 4 is 56.9 Å². The van der Waals surface area contributed by atoms with E-state index in [1.165, 1.54) is 34.9 Å². The van der Waals surface area contributed by atoms with Crippen LogP contribution >= 0.6 is 23.3 Å². The van der Waals surface area contributed by atoms with E-state index in [9.17, 15) is 9.59 Å². The molecular weight excluding hydrogens is 514 g/mol. The first kappa shape index (κ1) is 27.6. The summed E-state index contributed by atoms with van der Waals surface area (Å²) in [5.41, 5.74) is 4.70. The van der Waals surface area contributed by atoms with Crippen molar-refractivity contribution in [2.45, 2.75) is 43.5 Å². The number of rotatable bonds is 9. The summed E-state index contributed by atoms with van der Waals surface area (Å²) in [7, 11) is 0. The summed E-state index contributed by atoms with van der Waals surface area (Å²) >= 11 is 2.97. The minimum atomic E-state index is -0.588. The minimum Gasteiger partial charge on any atom is -0.325 e. The highest BCUT2D eigenvalue weighted by Gasteiger charge is 2.20. The lowest BCUT2D eigenvalue weighted by Crippen LogP contribution is -2.38. The molecule has 4 aromatic rings. The van der Waals surface area contributed by atoms with Crippen LogP contribution in [-0.2, 0) is 21.4 Å². The molecule has 0 saturated heterocycles. The molecule has 1 unspecified atom stereocenters. The Balaban J connectivity index is 1.48. The molecule has 1 aromatic heterocycles. The van der Waals surface area contributed by atoms with Crippen molar-refractivity contribution in [3.8, 4) is 0 Å². The lowest BCUT2D eigenvalue weighted by atomic mass is 9.87. The summed E-state index contributed by atoms with van der Waals surface area (Å²) in [5, 5.41) is 12.7. The Hall–Kier alpha value is -3.43. The van der Waals surface area contributed by atoms with Gasteiger partial charge in [0, 0.05) is 26.2 Å². The van der Waals surface area contributed by atoms with Gasteiger partial charge in [-0.05, 0) is 82.8 Å². The Morgan fingerprint density at radius 1 is 1.00 bits per heavy atom. The second kappa shape index (κ2) is 12.4. The molecular formula is C30H31N3O3S2. The third-order valence-electron chi connectivity index (χ3n) is 5.95. The number of carbonyl (C=O) groups is 2. The molecule has 2 amide bonds. The molecule has 1 heterocycles. The van der Waals surface area contributed by atoms with E-state index in [-0.39, 0.29) is 11.3 Å². The number of hydrogen-bond donors (Lipinski definition) is 4. The molecule has 0 spiro atoms. The lowest BCUT2D eigenvalue weighted by molar-refractivity contribution is -0.124. The third-order valence-corrected chi connectivity index (χ3v) is 7.94. The second-order valence-electron chi connectivity index (χ2n) is 9.94. The van der Waals surface area contributed by atoms with Gasteiger partial charge in [0.05, 0.1) is 0 Å². The molecule has 4 rings (SSSR count). The Bertz CT molecular complexity index is 1420. The predicted molar refractivity (Wildman–Crippen MR) is 157 cm³/mol. The second-order valence-corrected chi connectivity index (χ2v) is 12.0. The zero-order valence-corrected chi connectivity index (χ0v) is 23.2. The molecule has 8 heteroatoms. The van der Waals surface area contributed by atoms with Crippen molar-refractivity contribution in [3.05, 3.63) is 101 Å².